The fraction of sp³-hybridized carbons (Fsp3) is 0.148. The summed E-state index contributed by atoms with van der Waals surface area (Å²) >= 11 is 3.09. The average molecular weight is 485 g/mol. The van der Waals surface area contributed by atoms with Gasteiger partial charge in [-0.15, -0.1) is 11.3 Å². The van der Waals surface area contributed by atoms with Crippen molar-refractivity contribution >= 4 is 44.8 Å². The number of nitrogens with zero attached hydrogens (tertiary/aromatic N) is 3. The lowest BCUT2D eigenvalue weighted by molar-refractivity contribution is 0.818. The number of thiazole rings is 1. The molecular weight excluding hydrogens is 460 g/mol. The van der Waals surface area contributed by atoms with E-state index in [0.717, 1.165) is 28.6 Å². The molecule has 5 aromatic rings. The Morgan fingerprint density at radius 3 is 2.50 bits per heavy atom. The van der Waals surface area contributed by atoms with Gasteiger partial charge in [0.15, 0.2) is 10.3 Å². The second-order valence-electron chi connectivity index (χ2n) is 8.00. The molecule has 170 valence electrons. The highest BCUT2D eigenvalue weighted by molar-refractivity contribution is 7.98. The first-order valence-electron chi connectivity index (χ1n) is 11.1. The van der Waals surface area contributed by atoms with Gasteiger partial charge < -0.3 is 5.32 Å². The number of fused-ring (bicyclic) bond motifs is 1. The van der Waals surface area contributed by atoms with E-state index in [1.807, 2.05) is 53.9 Å². The number of para-hydroxylation sites is 1. The molecule has 0 bridgehead atoms. The number of hydrogen-bond donors (Lipinski definition) is 1. The summed E-state index contributed by atoms with van der Waals surface area (Å²) in [7, 11) is 0. The van der Waals surface area contributed by atoms with Gasteiger partial charge in [0.05, 0.1) is 22.3 Å². The predicted octanol–water partition coefficient (Wildman–Crippen LogP) is 6.75. The third-order valence-corrected chi connectivity index (χ3v) is 7.33. The van der Waals surface area contributed by atoms with Gasteiger partial charge >= 0.3 is 0 Å². The fourth-order valence-corrected chi connectivity index (χ4v) is 5.39. The van der Waals surface area contributed by atoms with Crippen molar-refractivity contribution in [2.45, 2.75) is 31.2 Å². The van der Waals surface area contributed by atoms with Gasteiger partial charge in [-0.05, 0) is 55.3 Å². The molecule has 0 spiro atoms. The highest BCUT2D eigenvalue weighted by Gasteiger charge is 2.14. The largest absolute Gasteiger partial charge is 0.332 e. The number of rotatable bonds is 7. The van der Waals surface area contributed by atoms with Crippen LogP contribution in [0.25, 0.3) is 16.6 Å². The van der Waals surface area contributed by atoms with Crippen molar-refractivity contribution in [2.24, 2.45) is 0 Å². The molecule has 2 aromatic heterocycles. The van der Waals surface area contributed by atoms with Crippen molar-refractivity contribution in [3.63, 3.8) is 0 Å². The van der Waals surface area contributed by atoms with Crippen LogP contribution < -0.4 is 10.9 Å². The molecule has 0 aliphatic rings. The maximum atomic E-state index is 13.4. The molecule has 0 saturated heterocycles. The molecule has 0 atom stereocenters. The van der Waals surface area contributed by atoms with E-state index in [0.29, 0.717) is 21.8 Å². The lowest BCUT2D eigenvalue weighted by Crippen LogP contribution is -2.21. The standard InChI is InChI=1S/C27H24N4OS2/c1-3-19-10-14-22(15-11-19)31-25(32)23-6-4-5-7-24(23)30-27(31)34-17-21-16-33-26(29-21)28-20-12-8-18(2)9-13-20/h4-16H,3,17H2,1-2H3,(H,28,29). The van der Waals surface area contributed by atoms with Crippen LogP contribution in [0.4, 0.5) is 10.8 Å². The maximum Gasteiger partial charge on any atom is 0.266 e. The first kappa shape index (κ1) is 22.4. The highest BCUT2D eigenvalue weighted by atomic mass is 32.2. The quantitative estimate of drug-likeness (QED) is 0.205. The molecule has 0 amide bonds. The van der Waals surface area contributed by atoms with Gasteiger partial charge in [0.2, 0.25) is 0 Å². The van der Waals surface area contributed by atoms with Crippen molar-refractivity contribution in [3.05, 3.63) is 105 Å². The molecule has 5 nitrogen and oxygen atoms in total. The van der Waals surface area contributed by atoms with Crippen molar-refractivity contribution in [3.8, 4) is 5.69 Å². The van der Waals surface area contributed by atoms with Crippen LogP contribution in [0.2, 0.25) is 0 Å². The second-order valence-corrected chi connectivity index (χ2v) is 9.80. The summed E-state index contributed by atoms with van der Waals surface area (Å²) in [5, 5.41) is 7.53. The highest BCUT2D eigenvalue weighted by Crippen LogP contribution is 2.28. The molecule has 34 heavy (non-hydrogen) atoms. The molecule has 0 fully saturated rings. The SMILES string of the molecule is CCc1ccc(-n2c(SCc3csc(Nc4ccc(C)cc4)n3)nc3ccccc3c2=O)cc1. The Kier molecular flexibility index (Phi) is 6.47. The summed E-state index contributed by atoms with van der Waals surface area (Å²) in [6.45, 7) is 4.19. The van der Waals surface area contributed by atoms with Crippen LogP contribution >= 0.6 is 23.1 Å². The number of hydrogen-bond acceptors (Lipinski definition) is 6. The third-order valence-electron chi connectivity index (χ3n) is 5.55. The minimum Gasteiger partial charge on any atom is -0.332 e. The molecule has 2 heterocycles. The lowest BCUT2D eigenvalue weighted by Gasteiger charge is -2.13. The van der Waals surface area contributed by atoms with E-state index in [-0.39, 0.29) is 5.56 Å². The topological polar surface area (TPSA) is 59.8 Å². The van der Waals surface area contributed by atoms with E-state index in [1.54, 1.807) is 15.9 Å². The number of aromatic nitrogens is 3. The van der Waals surface area contributed by atoms with Gasteiger partial charge in [-0.25, -0.2) is 9.97 Å². The molecular formula is C27H24N4OS2. The van der Waals surface area contributed by atoms with Gasteiger partial charge in [-0.3, -0.25) is 9.36 Å². The first-order chi connectivity index (χ1) is 16.6. The number of anilines is 2. The third kappa shape index (κ3) is 4.76. The van der Waals surface area contributed by atoms with Gasteiger partial charge in [-0.1, -0.05) is 60.6 Å². The Bertz CT molecular complexity index is 1490. The Morgan fingerprint density at radius 1 is 0.971 bits per heavy atom. The van der Waals surface area contributed by atoms with Crippen molar-refractivity contribution in [1.29, 1.82) is 0 Å². The zero-order valence-electron chi connectivity index (χ0n) is 19.0. The van der Waals surface area contributed by atoms with Crippen molar-refractivity contribution in [1.82, 2.24) is 14.5 Å². The lowest BCUT2D eigenvalue weighted by atomic mass is 10.1. The Morgan fingerprint density at radius 2 is 1.74 bits per heavy atom. The van der Waals surface area contributed by atoms with Gasteiger partial charge in [0.1, 0.15) is 0 Å². The van der Waals surface area contributed by atoms with Gasteiger partial charge in [0.25, 0.3) is 5.56 Å². The summed E-state index contributed by atoms with van der Waals surface area (Å²) in [5.74, 6) is 0.615. The Labute approximate surface area is 206 Å². The van der Waals surface area contributed by atoms with E-state index >= 15 is 0 Å². The molecule has 3 aromatic carbocycles. The van der Waals surface area contributed by atoms with Crippen LogP contribution in [0.3, 0.4) is 0 Å². The van der Waals surface area contributed by atoms with E-state index in [2.05, 4.69) is 43.4 Å². The zero-order valence-corrected chi connectivity index (χ0v) is 20.6. The maximum absolute atomic E-state index is 13.4. The molecule has 5 rings (SSSR count). The van der Waals surface area contributed by atoms with Crippen LogP contribution in [-0.2, 0) is 12.2 Å². The van der Waals surface area contributed by atoms with E-state index in [9.17, 15) is 4.79 Å². The van der Waals surface area contributed by atoms with Crippen molar-refractivity contribution in [2.75, 3.05) is 5.32 Å². The normalized spacial score (nSPS) is 11.1. The Balaban J connectivity index is 1.43. The van der Waals surface area contributed by atoms with Gasteiger partial charge in [-0.2, -0.15) is 0 Å². The van der Waals surface area contributed by atoms with Crippen LogP contribution in [0.5, 0.6) is 0 Å². The van der Waals surface area contributed by atoms with Crippen LogP contribution in [0.15, 0.2) is 88.1 Å². The second kappa shape index (κ2) is 9.83. The molecule has 0 aliphatic carbocycles. The molecule has 0 unspecified atom stereocenters. The summed E-state index contributed by atoms with van der Waals surface area (Å²) < 4.78 is 1.71. The van der Waals surface area contributed by atoms with E-state index < -0.39 is 0 Å². The van der Waals surface area contributed by atoms with Crippen molar-refractivity contribution < 1.29 is 0 Å². The molecule has 1 N–H and O–H groups in total. The summed E-state index contributed by atoms with van der Waals surface area (Å²) in [4.78, 5) is 23.0. The zero-order chi connectivity index (χ0) is 23.5. The number of aryl methyl sites for hydroxylation is 2. The molecule has 0 radical (unpaired) electrons. The van der Waals surface area contributed by atoms with Crippen LogP contribution in [0.1, 0.15) is 23.7 Å². The number of benzene rings is 3. The molecule has 0 saturated carbocycles. The molecule has 7 heteroatoms. The van der Waals surface area contributed by atoms with E-state index in [4.69, 9.17) is 9.97 Å². The number of nitrogens with one attached hydrogen (secondary N) is 1. The minimum absolute atomic E-state index is 0.0580. The Hall–Kier alpha value is -3.42. The summed E-state index contributed by atoms with van der Waals surface area (Å²) in [6, 6.07) is 23.9. The predicted molar refractivity (Wildman–Crippen MR) is 143 cm³/mol. The van der Waals surface area contributed by atoms with Gasteiger partial charge in [0, 0.05) is 16.8 Å². The van der Waals surface area contributed by atoms with E-state index in [1.165, 1.54) is 22.9 Å². The number of thioether (sulfide) groups is 1. The fourth-order valence-electron chi connectivity index (χ4n) is 3.65. The average Bonchev–Trinajstić information content (AvgIpc) is 3.32. The smallest absolute Gasteiger partial charge is 0.266 e. The molecule has 0 aliphatic heterocycles. The summed E-state index contributed by atoms with van der Waals surface area (Å²) in [6.07, 6.45) is 0.954. The monoisotopic (exact) mass is 484 g/mol. The minimum atomic E-state index is -0.0580. The van der Waals surface area contributed by atoms with Crippen LogP contribution in [0, 0.1) is 6.92 Å². The summed E-state index contributed by atoms with van der Waals surface area (Å²) in [5.41, 5.74) is 5.88. The van der Waals surface area contributed by atoms with Crippen LogP contribution in [-0.4, -0.2) is 14.5 Å². The first-order valence-corrected chi connectivity index (χ1v) is 13.0.